The molecule has 6 aliphatic rings. The highest BCUT2D eigenvalue weighted by Gasteiger charge is 2.71. The Hall–Kier alpha value is -0.780. The van der Waals surface area contributed by atoms with Gasteiger partial charge in [0.05, 0.1) is 0 Å². The first-order valence-corrected chi connectivity index (χ1v) is 13.0. The predicted octanol–water partition coefficient (Wildman–Crippen LogP) is 8.21. The first-order chi connectivity index (χ1) is 13.8. The maximum absolute atomic E-state index is 2.67. The fourth-order valence-electron chi connectivity index (χ4n) is 11.0. The molecule has 6 atom stereocenters. The van der Waals surface area contributed by atoms with Crippen molar-refractivity contribution in [2.75, 3.05) is 0 Å². The molecule has 3 saturated carbocycles. The van der Waals surface area contributed by atoms with E-state index in [-0.39, 0.29) is 0 Å². The number of rotatable bonds is 0. The SMILES string of the molecule is CC1(C)[C@@H]2CC[C@@]1(C)c1c3c(c4c(c12)[C@@]1(C)CC[C@@H]4C1(C)C)[C@]1(C)CC[C@H]3C1(C)C. The molecule has 0 N–H and O–H groups in total. The van der Waals surface area contributed by atoms with Crippen LogP contribution in [0.3, 0.4) is 0 Å². The Morgan fingerprint density at radius 1 is 0.433 bits per heavy atom. The summed E-state index contributed by atoms with van der Waals surface area (Å²) in [5, 5.41) is 0. The van der Waals surface area contributed by atoms with Crippen LogP contribution in [0.4, 0.5) is 0 Å². The lowest BCUT2D eigenvalue weighted by Crippen LogP contribution is -2.34. The number of fused-ring (bicyclic) bond motifs is 18. The first-order valence-electron chi connectivity index (χ1n) is 13.0. The quantitative estimate of drug-likeness (QED) is 0.410. The van der Waals surface area contributed by atoms with Crippen molar-refractivity contribution in [1.29, 1.82) is 0 Å². The molecule has 1 aromatic rings. The van der Waals surface area contributed by atoms with Crippen LogP contribution in [0.2, 0.25) is 0 Å². The van der Waals surface area contributed by atoms with Crippen LogP contribution >= 0.6 is 0 Å². The third-order valence-electron chi connectivity index (χ3n) is 14.0. The fourth-order valence-corrected chi connectivity index (χ4v) is 11.0. The Bertz CT molecular complexity index is 896. The Kier molecular flexibility index (Phi) is 2.81. The summed E-state index contributed by atoms with van der Waals surface area (Å²) in [6, 6.07) is 0. The Labute approximate surface area is 184 Å². The van der Waals surface area contributed by atoms with Gasteiger partial charge in [-0.25, -0.2) is 0 Å². The Morgan fingerprint density at radius 3 is 0.900 bits per heavy atom. The zero-order valence-corrected chi connectivity index (χ0v) is 21.0. The summed E-state index contributed by atoms with van der Waals surface area (Å²) >= 11 is 0. The molecule has 3 fully saturated rings. The molecule has 6 aliphatic carbocycles. The van der Waals surface area contributed by atoms with Crippen molar-refractivity contribution >= 4 is 0 Å². The first kappa shape index (κ1) is 18.8. The highest BCUT2D eigenvalue weighted by Crippen LogP contribution is 2.81. The van der Waals surface area contributed by atoms with E-state index in [1.54, 1.807) is 0 Å². The third kappa shape index (κ3) is 1.39. The molecule has 1 aromatic carbocycles. The predicted molar refractivity (Wildman–Crippen MR) is 126 cm³/mol. The maximum Gasteiger partial charge on any atom is -0.00122 e. The van der Waals surface area contributed by atoms with Gasteiger partial charge in [0.1, 0.15) is 0 Å². The van der Waals surface area contributed by atoms with Crippen LogP contribution in [-0.2, 0) is 16.2 Å². The summed E-state index contributed by atoms with van der Waals surface area (Å²) in [5.41, 5.74) is 13.8. The molecule has 6 bridgehead atoms. The van der Waals surface area contributed by atoms with Crippen molar-refractivity contribution in [3.63, 3.8) is 0 Å². The lowest BCUT2D eigenvalue weighted by atomic mass is 9.63. The zero-order chi connectivity index (χ0) is 21.4. The fraction of sp³-hybridized carbons (Fsp3) is 0.800. The molecule has 0 heteroatoms. The van der Waals surface area contributed by atoms with Gasteiger partial charge in [-0.05, 0) is 122 Å². The average Bonchev–Trinajstić information content (AvgIpc) is 3.28. The smallest absolute Gasteiger partial charge is 0.00122 e. The third-order valence-corrected chi connectivity index (χ3v) is 14.0. The van der Waals surface area contributed by atoms with Gasteiger partial charge in [-0.3, -0.25) is 0 Å². The highest BCUT2D eigenvalue weighted by molar-refractivity contribution is 5.73. The van der Waals surface area contributed by atoms with Crippen LogP contribution in [0.15, 0.2) is 0 Å². The second kappa shape index (κ2) is 4.49. The van der Waals surface area contributed by atoms with E-state index in [2.05, 4.69) is 62.3 Å². The van der Waals surface area contributed by atoms with E-state index in [9.17, 15) is 0 Å². The molecule has 7 rings (SSSR count). The number of hydrogen-bond acceptors (Lipinski definition) is 0. The number of benzene rings is 1. The van der Waals surface area contributed by atoms with Crippen LogP contribution in [0.5, 0.6) is 0 Å². The molecular formula is C30H42. The maximum atomic E-state index is 2.67. The van der Waals surface area contributed by atoms with Crippen molar-refractivity contribution < 1.29 is 0 Å². The van der Waals surface area contributed by atoms with Crippen molar-refractivity contribution in [2.45, 2.75) is 135 Å². The van der Waals surface area contributed by atoms with Crippen LogP contribution in [0.25, 0.3) is 0 Å². The van der Waals surface area contributed by atoms with Gasteiger partial charge in [-0.1, -0.05) is 62.3 Å². The molecular weight excluding hydrogens is 360 g/mol. The van der Waals surface area contributed by atoms with Gasteiger partial charge in [-0.15, -0.1) is 0 Å². The lowest BCUT2D eigenvalue weighted by molar-refractivity contribution is 0.222. The van der Waals surface area contributed by atoms with Crippen molar-refractivity contribution in [1.82, 2.24) is 0 Å². The average molecular weight is 403 g/mol. The van der Waals surface area contributed by atoms with Gasteiger partial charge in [0.15, 0.2) is 0 Å². The largest absolute Gasteiger partial charge is 0.0585 e. The molecule has 0 radical (unpaired) electrons. The van der Waals surface area contributed by atoms with Crippen LogP contribution in [0.1, 0.15) is 152 Å². The minimum Gasteiger partial charge on any atom is -0.0585 e. The van der Waals surface area contributed by atoms with Gasteiger partial charge in [0.2, 0.25) is 0 Å². The summed E-state index contributed by atoms with van der Waals surface area (Å²) in [5.74, 6) is 2.37. The summed E-state index contributed by atoms with van der Waals surface area (Å²) in [4.78, 5) is 0. The molecule has 30 heavy (non-hydrogen) atoms. The van der Waals surface area contributed by atoms with E-state index >= 15 is 0 Å². The molecule has 0 heterocycles. The lowest BCUT2D eigenvalue weighted by Gasteiger charge is -2.41. The second-order valence-electron chi connectivity index (χ2n) is 14.8. The normalized spacial score (nSPS) is 48.9. The topological polar surface area (TPSA) is 0 Å². The molecule has 0 unspecified atom stereocenters. The molecule has 0 spiro atoms. The van der Waals surface area contributed by atoms with E-state index < -0.39 is 0 Å². The molecule has 0 amide bonds. The monoisotopic (exact) mass is 402 g/mol. The second-order valence-corrected chi connectivity index (χ2v) is 14.8. The van der Waals surface area contributed by atoms with E-state index in [0.29, 0.717) is 32.5 Å². The van der Waals surface area contributed by atoms with Gasteiger partial charge < -0.3 is 0 Å². The summed E-state index contributed by atoms with van der Waals surface area (Å²) in [7, 11) is 0. The van der Waals surface area contributed by atoms with Crippen molar-refractivity contribution in [3.05, 3.63) is 33.4 Å². The highest BCUT2D eigenvalue weighted by atomic mass is 14.7. The molecule has 0 aromatic heterocycles. The number of hydrogen-bond donors (Lipinski definition) is 0. The van der Waals surface area contributed by atoms with Crippen molar-refractivity contribution in [3.8, 4) is 0 Å². The summed E-state index contributed by atoms with van der Waals surface area (Å²) in [6.45, 7) is 23.8. The Morgan fingerprint density at radius 2 is 0.667 bits per heavy atom. The van der Waals surface area contributed by atoms with Crippen LogP contribution < -0.4 is 0 Å². The molecule has 0 saturated heterocycles. The van der Waals surface area contributed by atoms with E-state index in [1.165, 1.54) is 38.5 Å². The van der Waals surface area contributed by atoms with Gasteiger partial charge in [0, 0.05) is 0 Å². The van der Waals surface area contributed by atoms with E-state index in [0.717, 1.165) is 17.8 Å². The summed E-state index contributed by atoms with van der Waals surface area (Å²) in [6.07, 6.45) is 8.51. The van der Waals surface area contributed by atoms with Crippen molar-refractivity contribution in [2.24, 2.45) is 16.2 Å². The van der Waals surface area contributed by atoms with Crippen LogP contribution in [-0.4, -0.2) is 0 Å². The molecule has 162 valence electrons. The molecule has 0 nitrogen and oxygen atoms in total. The zero-order valence-electron chi connectivity index (χ0n) is 21.0. The molecule has 0 aliphatic heterocycles. The standard InChI is InChI=1S/C30H42/c1-25(2)16-10-13-28(25,7)22-19(16)23-21(18-12-14-29(23,8)27(18,5)6)24-20(22)17-11-15-30(24,9)26(17,3)4/h16-18H,10-15H2,1-9H3/t16-,17-,18+,28+,29-,30+/m1/s1. The minimum atomic E-state index is 0.380. The summed E-state index contributed by atoms with van der Waals surface area (Å²) < 4.78 is 0. The Balaban J connectivity index is 1.70. The van der Waals surface area contributed by atoms with E-state index in [1.807, 2.05) is 33.4 Å². The minimum absolute atomic E-state index is 0.380. The van der Waals surface area contributed by atoms with Crippen LogP contribution in [0, 0.1) is 16.2 Å². The van der Waals surface area contributed by atoms with E-state index in [4.69, 9.17) is 0 Å². The van der Waals surface area contributed by atoms with Gasteiger partial charge in [0.25, 0.3) is 0 Å². The van der Waals surface area contributed by atoms with Gasteiger partial charge in [-0.2, -0.15) is 0 Å². The van der Waals surface area contributed by atoms with Gasteiger partial charge >= 0.3 is 0 Å².